The van der Waals surface area contributed by atoms with Crippen LogP contribution in [0.2, 0.25) is 0 Å². The predicted octanol–water partition coefficient (Wildman–Crippen LogP) is 2.04. The lowest BCUT2D eigenvalue weighted by Gasteiger charge is -2.26. The van der Waals surface area contributed by atoms with Crippen LogP contribution in [0.15, 0.2) is 24.3 Å². The van der Waals surface area contributed by atoms with Crippen molar-refractivity contribution in [1.29, 1.82) is 0 Å². The summed E-state index contributed by atoms with van der Waals surface area (Å²) >= 11 is 0. The molecular formula is C14H16O3. The average molecular weight is 232 g/mol. The highest BCUT2D eigenvalue weighted by Crippen LogP contribution is 2.57. The van der Waals surface area contributed by atoms with Crippen molar-refractivity contribution < 1.29 is 14.3 Å². The van der Waals surface area contributed by atoms with Crippen LogP contribution in [0.3, 0.4) is 0 Å². The van der Waals surface area contributed by atoms with E-state index in [4.69, 9.17) is 9.47 Å². The summed E-state index contributed by atoms with van der Waals surface area (Å²) in [4.78, 5) is 11.8. The number of hydrogen-bond donors (Lipinski definition) is 0. The molecule has 0 radical (unpaired) electrons. The average Bonchev–Trinajstić information content (AvgIpc) is 3.06. The molecule has 2 unspecified atom stereocenters. The lowest BCUT2D eigenvalue weighted by Crippen LogP contribution is -2.28. The van der Waals surface area contributed by atoms with E-state index < -0.39 is 0 Å². The van der Waals surface area contributed by atoms with Gasteiger partial charge in [-0.3, -0.25) is 4.79 Å². The summed E-state index contributed by atoms with van der Waals surface area (Å²) in [5, 5.41) is 0. The Hall–Kier alpha value is -1.35. The molecule has 3 heteroatoms. The standard InChI is InChI=1S/C14H16O3/c1-2-17-13(15)12-7-14(12)9-16-8-10-5-3-4-6-11(10)14/h3-6,12H,2,7-9H2,1H3. The molecule has 3 rings (SSSR count). The van der Waals surface area contributed by atoms with Crippen LogP contribution in [0.5, 0.6) is 0 Å². The van der Waals surface area contributed by atoms with Gasteiger partial charge in [-0.15, -0.1) is 0 Å². The van der Waals surface area contributed by atoms with E-state index in [1.165, 1.54) is 11.1 Å². The Morgan fingerprint density at radius 1 is 1.53 bits per heavy atom. The molecule has 0 aromatic heterocycles. The maximum atomic E-state index is 11.8. The topological polar surface area (TPSA) is 35.5 Å². The van der Waals surface area contributed by atoms with Gasteiger partial charge in [-0.1, -0.05) is 24.3 Å². The first-order valence-corrected chi connectivity index (χ1v) is 6.10. The maximum absolute atomic E-state index is 11.8. The summed E-state index contributed by atoms with van der Waals surface area (Å²) in [5.41, 5.74) is 2.40. The van der Waals surface area contributed by atoms with E-state index in [-0.39, 0.29) is 17.3 Å². The van der Waals surface area contributed by atoms with Gasteiger partial charge in [0.1, 0.15) is 0 Å². The second-order valence-electron chi connectivity index (χ2n) is 4.81. The third-order valence-corrected chi connectivity index (χ3v) is 3.82. The van der Waals surface area contributed by atoms with Gasteiger partial charge in [-0.25, -0.2) is 0 Å². The van der Waals surface area contributed by atoms with Crippen molar-refractivity contribution in [3.8, 4) is 0 Å². The predicted molar refractivity (Wildman–Crippen MR) is 62.5 cm³/mol. The highest BCUT2D eigenvalue weighted by Gasteiger charge is 2.61. The minimum atomic E-state index is -0.0961. The summed E-state index contributed by atoms with van der Waals surface area (Å²) in [6.07, 6.45) is 0.864. The fraction of sp³-hybridized carbons (Fsp3) is 0.500. The van der Waals surface area contributed by atoms with Crippen molar-refractivity contribution in [2.24, 2.45) is 5.92 Å². The molecule has 0 bridgehead atoms. The number of esters is 1. The second-order valence-corrected chi connectivity index (χ2v) is 4.81. The van der Waals surface area contributed by atoms with E-state index in [0.717, 1.165) is 6.42 Å². The first-order chi connectivity index (χ1) is 8.28. The first kappa shape index (κ1) is 10.8. The van der Waals surface area contributed by atoms with Gasteiger partial charge < -0.3 is 9.47 Å². The summed E-state index contributed by atoms with van der Waals surface area (Å²) in [6, 6.07) is 8.25. The minimum Gasteiger partial charge on any atom is -0.466 e. The van der Waals surface area contributed by atoms with Crippen LogP contribution < -0.4 is 0 Å². The highest BCUT2D eigenvalue weighted by molar-refractivity contribution is 5.79. The van der Waals surface area contributed by atoms with E-state index in [2.05, 4.69) is 12.1 Å². The van der Waals surface area contributed by atoms with E-state index in [1.54, 1.807) is 0 Å². The summed E-state index contributed by atoms with van der Waals surface area (Å²) < 4.78 is 10.7. The normalized spacial score (nSPS) is 29.8. The molecule has 0 saturated heterocycles. The van der Waals surface area contributed by atoms with Crippen molar-refractivity contribution in [3.05, 3.63) is 35.4 Å². The largest absolute Gasteiger partial charge is 0.466 e. The Morgan fingerprint density at radius 3 is 3.18 bits per heavy atom. The number of carbonyl (C=O) groups is 1. The molecule has 1 aliphatic carbocycles. The third-order valence-electron chi connectivity index (χ3n) is 3.82. The lowest BCUT2D eigenvalue weighted by atomic mass is 9.88. The van der Waals surface area contributed by atoms with Gasteiger partial charge in [0.2, 0.25) is 0 Å². The van der Waals surface area contributed by atoms with Crippen molar-refractivity contribution in [2.75, 3.05) is 13.2 Å². The molecular weight excluding hydrogens is 216 g/mol. The summed E-state index contributed by atoms with van der Waals surface area (Å²) in [5.74, 6) is -0.0864. The first-order valence-electron chi connectivity index (χ1n) is 6.10. The van der Waals surface area contributed by atoms with Crippen molar-refractivity contribution in [2.45, 2.75) is 25.4 Å². The number of fused-ring (bicyclic) bond motifs is 2. The van der Waals surface area contributed by atoms with Crippen molar-refractivity contribution in [3.63, 3.8) is 0 Å². The van der Waals surface area contributed by atoms with Crippen LogP contribution in [-0.2, 0) is 26.3 Å². The quantitative estimate of drug-likeness (QED) is 0.732. The molecule has 90 valence electrons. The molecule has 1 fully saturated rings. The van der Waals surface area contributed by atoms with Crippen LogP contribution in [0.25, 0.3) is 0 Å². The van der Waals surface area contributed by atoms with E-state index in [0.29, 0.717) is 19.8 Å². The highest BCUT2D eigenvalue weighted by atomic mass is 16.5. The summed E-state index contributed by atoms with van der Waals surface area (Å²) in [7, 11) is 0. The van der Waals surface area contributed by atoms with Crippen LogP contribution >= 0.6 is 0 Å². The second kappa shape index (κ2) is 3.84. The van der Waals surface area contributed by atoms with Crippen LogP contribution in [-0.4, -0.2) is 19.2 Å². The fourth-order valence-corrected chi connectivity index (χ4v) is 2.87. The molecule has 1 aromatic rings. The molecule has 3 nitrogen and oxygen atoms in total. The smallest absolute Gasteiger partial charge is 0.309 e. The van der Waals surface area contributed by atoms with Gasteiger partial charge in [0.25, 0.3) is 0 Å². The Morgan fingerprint density at radius 2 is 2.35 bits per heavy atom. The Bertz CT molecular complexity index is 455. The molecule has 0 N–H and O–H groups in total. The van der Waals surface area contributed by atoms with E-state index in [9.17, 15) is 4.79 Å². The fourth-order valence-electron chi connectivity index (χ4n) is 2.87. The number of ether oxygens (including phenoxy) is 2. The van der Waals surface area contributed by atoms with Crippen molar-refractivity contribution in [1.82, 2.24) is 0 Å². The maximum Gasteiger partial charge on any atom is 0.309 e. The minimum absolute atomic E-state index is 0.0103. The molecule has 17 heavy (non-hydrogen) atoms. The van der Waals surface area contributed by atoms with Gasteiger partial charge >= 0.3 is 5.97 Å². The molecule has 0 amide bonds. The Kier molecular flexibility index (Phi) is 2.44. The van der Waals surface area contributed by atoms with Crippen molar-refractivity contribution >= 4 is 5.97 Å². The van der Waals surface area contributed by atoms with Gasteiger partial charge in [-0.05, 0) is 24.5 Å². The zero-order valence-electron chi connectivity index (χ0n) is 9.94. The molecule has 1 aromatic carbocycles. The molecule has 1 heterocycles. The van der Waals surface area contributed by atoms with Crippen LogP contribution in [0, 0.1) is 5.92 Å². The molecule has 2 aliphatic rings. The number of carbonyl (C=O) groups excluding carboxylic acids is 1. The zero-order chi connectivity index (χ0) is 11.9. The SMILES string of the molecule is CCOC(=O)C1CC12COCc1ccccc12. The molecule has 1 saturated carbocycles. The van der Waals surface area contributed by atoms with Gasteiger partial charge in [0.15, 0.2) is 0 Å². The van der Waals surface area contributed by atoms with Crippen LogP contribution in [0.1, 0.15) is 24.5 Å². The number of hydrogen-bond acceptors (Lipinski definition) is 3. The third kappa shape index (κ3) is 1.57. The summed E-state index contributed by atoms with van der Waals surface area (Å²) in [6.45, 7) is 3.60. The lowest BCUT2D eigenvalue weighted by molar-refractivity contribution is -0.145. The Balaban J connectivity index is 1.90. The van der Waals surface area contributed by atoms with E-state index in [1.807, 2.05) is 19.1 Å². The van der Waals surface area contributed by atoms with Gasteiger partial charge in [0, 0.05) is 5.41 Å². The number of rotatable bonds is 2. The molecule has 2 atom stereocenters. The Labute approximate surface area is 101 Å². The van der Waals surface area contributed by atoms with E-state index >= 15 is 0 Å². The van der Waals surface area contributed by atoms with Gasteiger partial charge in [0.05, 0.1) is 25.7 Å². The zero-order valence-corrected chi connectivity index (χ0v) is 9.94. The van der Waals surface area contributed by atoms with Crippen LogP contribution in [0.4, 0.5) is 0 Å². The monoisotopic (exact) mass is 232 g/mol. The molecule has 1 aliphatic heterocycles. The molecule has 1 spiro atoms. The van der Waals surface area contributed by atoms with Gasteiger partial charge in [-0.2, -0.15) is 0 Å². The number of benzene rings is 1.